The number of para-hydroxylation sites is 2. The van der Waals surface area contributed by atoms with Crippen LogP contribution in [0.4, 0.5) is 0 Å². The van der Waals surface area contributed by atoms with Crippen molar-refractivity contribution in [2.45, 2.75) is 0 Å². The lowest BCUT2D eigenvalue weighted by molar-refractivity contribution is 1.51. The molecule has 0 aliphatic heterocycles. The summed E-state index contributed by atoms with van der Waals surface area (Å²) in [5.41, 5.74) is 2.47. The molecule has 0 saturated heterocycles. The Morgan fingerprint density at radius 3 is 1.58 bits per heavy atom. The summed E-state index contributed by atoms with van der Waals surface area (Å²) >= 11 is 0. The van der Waals surface area contributed by atoms with Crippen molar-refractivity contribution in [1.29, 1.82) is 0 Å². The summed E-state index contributed by atoms with van der Waals surface area (Å²) in [6.45, 7) is 0. The lowest BCUT2D eigenvalue weighted by Crippen LogP contribution is -2.28. The summed E-state index contributed by atoms with van der Waals surface area (Å²) in [5.74, 6) is 0. The van der Waals surface area contributed by atoms with E-state index in [2.05, 4.69) is 70.6 Å². The molecule has 19 heavy (non-hydrogen) atoms. The molecule has 0 radical (unpaired) electrons. The maximum atomic E-state index is 3.53. The van der Waals surface area contributed by atoms with Gasteiger partial charge in [0, 0.05) is 11.0 Å². The van der Waals surface area contributed by atoms with E-state index in [4.69, 9.17) is 0 Å². The number of fused-ring (bicyclic) bond motifs is 2. The zero-order valence-corrected chi connectivity index (χ0v) is 11.9. The molecule has 0 atom stereocenters. The Morgan fingerprint density at radius 2 is 1.11 bits per heavy atom. The molecule has 0 aliphatic carbocycles. The standard InChI is InChI=1S/C16H14N2Si/c1-3-7-13-11(5-1)9-15(17-13)19-16-10-12-6-2-4-8-14(12)18-16/h1-10,17-18H,19H2. The summed E-state index contributed by atoms with van der Waals surface area (Å²) in [6, 6.07) is 21.5. The molecule has 0 bridgehead atoms. The van der Waals surface area contributed by atoms with E-state index in [0.717, 1.165) is 0 Å². The second-order valence-corrected chi connectivity index (χ2v) is 6.82. The van der Waals surface area contributed by atoms with E-state index in [0.29, 0.717) is 0 Å². The SMILES string of the molecule is c1ccc2[nH]c([SiH2]c3cc4ccccc4[nH]3)cc2c1. The van der Waals surface area contributed by atoms with E-state index in [1.165, 1.54) is 32.4 Å². The zero-order chi connectivity index (χ0) is 12.7. The highest BCUT2D eigenvalue weighted by atomic mass is 28.2. The summed E-state index contributed by atoms with van der Waals surface area (Å²) in [7, 11) is -0.464. The van der Waals surface area contributed by atoms with Gasteiger partial charge in [-0.25, -0.2) is 0 Å². The molecule has 2 heterocycles. The van der Waals surface area contributed by atoms with Crippen molar-refractivity contribution in [2.75, 3.05) is 0 Å². The van der Waals surface area contributed by atoms with Crippen molar-refractivity contribution in [1.82, 2.24) is 9.97 Å². The first-order valence-electron chi connectivity index (χ1n) is 6.52. The highest BCUT2D eigenvalue weighted by molar-refractivity contribution is 6.66. The lowest BCUT2D eigenvalue weighted by Gasteiger charge is -1.92. The molecule has 4 rings (SSSR count). The number of aromatic amines is 2. The lowest BCUT2D eigenvalue weighted by atomic mass is 10.3. The molecule has 0 saturated carbocycles. The predicted octanol–water partition coefficient (Wildman–Crippen LogP) is 1.77. The van der Waals surface area contributed by atoms with Crippen molar-refractivity contribution >= 4 is 42.0 Å². The Labute approximate surface area is 113 Å². The van der Waals surface area contributed by atoms with Crippen LogP contribution in [-0.2, 0) is 0 Å². The van der Waals surface area contributed by atoms with Crippen LogP contribution < -0.4 is 10.6 Å². The number of benzene rings is 2. The number of aromatic nitrogens is 2. The minimum Gasteiger partial charge on any atom is -0.362 e. The third kappa shape index (κ3) is 1.88. The van der Waals surface area contributed by atoms with Gasteiger partial charge in [-0.2, -0.15) is 0 Å². The van der Waals surface area contributed by atoms with Crippen molar-refractivity contribution in [2.24, 2.45) is 0 Å². The highest BCUT2D eigenvalue weighted by Gasteiger charge is 2.05. The van der Waals surface area contributed by atoms with Crippen molar-refractivity contribution in [3.63, 3.8) is 0 Å². The van der Waals surface area contributed by atoms with Gasteiger partial charge in [-0.05, 0) is 45.7 Å². The maximum Gasteiger partial charge on any atom is 0.128 e. The molecule has 4 aromatic rings. The second-order valence-electron chi connectivity index (χ2n) is 4.94. The first-order chi connectivity index (χ1) is 9.38. The average molecular weight is 262 g/mol. The number of rotatable bonds is 2. The fraction of sp³-hybridized carbons (Fsp3) is 0. The van der Waals surface area contributed by atoms with Crippen LogP contribution in [-0.4, -0.2) is 19.5 Å². The van der Waals surface area contributed by atoms with Gasteiger partial charge in [-0.1, -0.05) is 36.4 Å². The van der Waals surface area contributed by atoms with Gasteiger partial charge in [0.2, 0.25) is 0 Å². The normalized spacial score (nSPS) is 11.4. The largest absolute Gasteiger partial charge is 0.362 e. The summed E-state index contributed by atoms with van der Waals surface area (Å²) in [5, 5.41) is 5.38. The second kappa shape index (κ2) is 4.14. The average Bonchev–Trinajstić information content (AvgIpc) is 3.00. The van der Waals surface area contributed by atoms with Crippen LogP contribution in [0.25, 0.3) is 21.8 Å². The molecule has 0 spiro atoms. The van der Waals surface area contributed by atoms with Crippen molar-refractivity contribution in [3.8, 4) is 0 Å². The van der Waals surface area contributed by atoms with Gasteiger partial charge >= 0.3 is 0 Å². The van der Waals surface area contributed by atoms with Crippen molar-refractivity contribution < 1.29 is 0 Å². The topological polar surface area (TPSA) is 31.6 Å². The Balaban J connectivity index is 1.73. The molecule has 0 fully saturated rings. The quantitative estimate of drug-likeness (QED) is 0.516. The van der Waals surface area contributed by atoms with E-state index < -0.39 is 9.52 Å². The molecule has 2 aromatic heterocycles. The van der Waals surface area contributed by atoms with Crippen LogP contribution in [0.3, 0.4) is 0 Å². The molecule has 0 aliphatic rings. The van der Waals surface area contributed by atoms with Gasteiger partial charge in [0.25, 0.3) is 0 Å². The van der Waals surface area contributed by atoms with E-state index in [-0.39, 0.29) is 0 Å². The molecular weight excluding hydrogens is 248 g/mol. The first kappa shape index (κ1) is 10.6. The van der Waals surface area contributed by atoms with Crippen LogP contribution >= 0.6 is 0 Å². The third-order valence-electron chi connectivity index (χ3n) is 3.55. The predicted molar refractivity (Wildman–Crippen MR) is 84.4 cm³/mol. The van der Waals surface area contributed by atoms with E-state index >= 15 is 0 Å². The summed E-state index contributed by atoms with van der Waals surface area (Å²) in [4.78, 5) is 7.06. The fourth-order valence-corrected chi connectivity index (χ4v) is 4.27. The third-order valence-corrected chi connectivity index (χ3v) is 5.08. The van der Waals surface area contributed by atoms with Crippen LogP contribution in [0.1, 0.15) is 0 Å². The van der Waals surface area contributed by atoms with Gasteiger partial charge in [0.15, 0.2) is 0 Å². The highest BCUT2D eigenvalue weighted by Crippen LogP contribution is 2.10. The Kier molecular flexibility index (Phi) is 2.32. The van der Waals surface area contributed by atoms with Gasteiger partial charge < -0.3 is 9.97 Å². The Bertz CT molecular complexity index is 719. The summed E-state index contributed by atoms with van der Waals surface area (Å²) in [6.07, 6.45) is 0. The number of hydrogen-bond acceptors (Lipinski definition) is 0. The van der Waals surface area contributed by atoms with Gasteiger partial charge in [-0.15, -0.1) is 0 Å². The number of hydrogen-bond donors (Lipinski definition) is 2. The molecule has 0 amide bonds. The minimum atomic E-state index is -0.464. The Morgan fingerprint density at radius 1 is 0.632 bits per heavy atom. The van der Waals surface area contributed by atoms with Crippen LogP contribution in [0.5, 0.6) is 0 Å². The van der Waals surface area contributed by atoms with Gasteiger partial charge in [-0.3, -0.25) is 0 Å². The van der Waals surface area contributed by atoms with E-state index in [1.807, 2.05) is 0 Å². The number of H-pyrrole nitrogens is 2. The molecule has 2 nitrogen and oxygen atoms in total. The van der Waals surface area contributed by atoms with Gasteiger partial charge in [0.1, 0.15) is 9.52 Å². The molecular formula is C16H14N2Si. The molecule has 2 aromatic carbocycles. The maximum absolute atomic E-state index is 3.53. The van der Waals surface area contributed by atoms with Crippen molar-refractivity contribution in [3.05, 3.63) is 60.7 Å². The minimum absolute atomic E-state index is 0.464. The smallest absolute Gasteiger partial charge is 0.128 e. The monoisotopic (exact) mass is 262 g/mol. The van der Waals surface area contributed by atoms with E-state index in [1.54, 1.807) is 0 Å². The van der Waals surface area contributed by atoms with E-state index in [9.17, 15) is 0 Å². The Hall–Kier alpha value is -2.26. The number of nitrogens with one attached hydrogen (secondary N) is 2. The summed E-state index contributed by atoms with van der Waals surface area (Å²) < 4.78 is 0. The van der Waals surface area contributed by atoms with Crippen LogP contribution in [0.2, 0.25) is 0 Å². The van der Waals surface area contributed by atoms with Crippen LogP contribution in [0.15, 0.2) is 60.7 Å². The first-order valence-corrected chi connectivity index (χ1v) is 7.93. The van der Waals surface area contributed by atoms with Crippen LogP contribution in [0, 0.1) is 0 Å². The fourth-order valence-electron chi connectivity index (χ4n) is 2.66. The molecule has 92 valence electrons. The molecule has 3 heteroatoms. The zero-order valence-electron chi connectivity index (χ0n) is 10.5. The van der Waals surface area contributed by atoms with Gasteiger partial charge in [0.05, 0.1) is 0 Å². The molecule has 2 N–H and O–H groups in total. The molecule has 0 unspecified atom stereocenters.